The van der Waals surface area contributed by atoms with Crippen LogP contribution in [-0.4, -0.2) is 8.42 Å². The first kappa shape index (κ1) is 12.6. The number of hydrogen-bond donors (Lipinski definition) is 0. The highest BCUT2D eigenvalue weighted by Crippen LogP contribution is 2.48. The number of thiophene rings is 1. The van der Waals surface area contributed by atoms with E-state index in [0.717, 1.165) is 5.00 Å². The second-order valence-electron chi connectivity index (χ2n) is 4.73. The molecule has 3 aromatic rings. The fraction of sp³-hybridized carbons (Fsp3) is 0. The van der Waals surface area contributed by atoms with Gasteiger partial charge in [-0.05, 0) is 41.8 Å². The summed E-state index contributed by atoms with van der Waals surface area (Å²) in [4.78, 5) is 2.73. The van der Waals surface area contributed by atoms with Gasteiger partial charge < -0.3 is 0 Å². The van der Waals surface area contributed by atoms with E-state index in [-0.39, 0.29) is 0 Å². The lowest BCUT2D eigenvalue weighted by molar-refractivity contribution is 0.595. The molecule has 0 aliphatic carbocycles. The number of para-hydroxylation sites is 2. The van der Waals surface area contributed by atoms with E-state index in [9.17, 15) is 8.42 Å². The highest BCUT2D eigenvalue weighted by Gasteiger charge is 2.34. The van der Waals surface area contributed by atoms with Crippen molar-refractivity contribution in [3.05, 3.63) is 66.0 Å². The van der Waals surface area contributed by atoms with Gasteiger partial charge in [-0.3, -0.25) is 4.90 Å². The first-order valence-electron chi connectivity index (χ1n) is 6.46. The van der Waals surface area contributed by atoms with Crippen molar-refractivity contribution in [3.8, 4) is 0 Å². The van der Waals surface area contributed by atoms with Crippen molar-refractivity contribution in [2.24, 2.45) is 0 Å². The third-order valence-electron chi connectivity index (χ3n) is 3.52. The number of sulfone groups is 1. The Balaban J connectivity index is 2.11. The number of benzene rings is 2. The fourth-order valence-electron chi connectivity index (χ4n) is 2.62. The molecule has 1 aliphatic heterocycles. The maximum atomic E-state index is 12.8. The van der Waals surface area contributed by atoms with E-state index in [1.54, 1.807) is 35.6 Å². The van der Waals surface area contributed by atoms with Gasteiger partial charge in [-0.25, -0.2) is 8.42 Å². The Bertz CT molecular complexity index is 861. The third-order valence-corrected chi connectivity index (χ3v) is 6.22. The number of nitrogens with zero attached hydrogens (tertiary/aromatic N) is 1. The molecule has 104 valence electrons. The molecule has 0 unspecified atom stereocenters. The van der Waals surface area contributed by atoms with Gasteiger partial charge in [0, 0.05) is 0 Å². The Labute approximate surface area is 127 Å². The molecule has 0 saturated heterocycles. The van der Waals surface area contributed by atoms with E-state index in [4.69, 9.17) is 0 Å². The summed E-state index contributed by atoms with van der Waals surface area (Å²) in [5.74, 6) is 0. The van der Waals surface area contributed by atoms with Crippen molar-refractivity contribution < 1.29 is 8.42 Å². The quantitative estimate of drug-likeness (QED) is 0.524. The zero-order valence-electron chi connectivity index (χ0n) is 10.9. The predicted octanol–water partition coefficient (Wildman–Crippen LogP) is 4.36. The molecular weight excluding hydrogens is 302 g/mol. The van der Waals surface area contributed by atoms with E-state index in [0.29, 0.717) is 21.2 Å². The second-order valence-corrected chi connectivity index (χ2v) is 7.54. The summed E-state index contributed by atoms with van der Waals surface area (Å²) in [5, 5.41) is 2.99. The minimum Gasteiger partial charge on any atom is -0.299 e. The summed E-state index contributed by atoms with van der Waals surface area (Å²) in [6, 6.07) is 18.2. The van der Waals surface area contributed by atoms with Crippen LogP contribution in [0.1, 0.15) is 0 Å². The van der Waals surface area contributed by atoms with Crippen LogP contribution in [0, 0.1) is 0 Å². The van der Waals surface area contributed by atoms with E-state index in [2.05, 4.69) is 0 Å². The van der Waals surface area contributed by atoms with E-state index in [1.165, 1.54) is 0 Å². The van der Waals surface area contributed by atoms with Gasteiger partial charge in [0.1, 0.15) is 0 Å². The largest absolute Gasteiger partial charge is 0.299 e. The minimum absolute atomic E-state index is 0.358. The number of anilines is 3. The Hall–Kier alpha value is -2.11. The maximum Gasteiger partial charge on any atom is 0.210 e. The maximum absolute atomic E-state index is 12.8. The molecule has 0 amide bonds. The standard InChI is InChI=1S/C16H11NO2S2/c18-21(19)14-8-3-1-6-12(14)17(16-10-5-11-20-16)13-7-2-4-9-15(13)21/h1-11H. The highest BCUT2D eigenvalue weighted by atomic mass is 32.2. The van der Waals surface area contributed by atoms with Crippen LogP contribution in [0.4, 0.5) is 16.4 Å². The molecular formula is C16H11NO2S2. The van der Waals surface area contributed by atoms with Crippen molar-refractivity contribution in [1.82, 2.24) is 0 Å². The first-order chi connectivity index (χ1) is 10.2. The summed E-state index contributed by atoms with van der Waals surface area (Å²) in [6.45, 7) is 0. The predicted molar refractivity (Wildman–Crippen MR) is 84.5 cm³/mol. The second kappa shape index (κ2) is 4.44. The molecule has 0 bridgehead atoms. The lowest BCUT2D eigenvalue weighted by atomic mass is 10.2. The topological polar surface area (TPSA) is 37.4 Å². The summed E-state index contributed by atoms with van der Waals surface area (Å²) in [7, 11) is -3.46. The Kier molecular flexibility index (Phi) is 2.67. The highest BCUT2D eigenvalue weighted by molar-refractivity contribution is 7.92. The molecule has 3 nitrogen and oxygen atoms in total. The SMILES string of the molecule is O=S1(=O)c2ccccc2N(c2cccs2)c2ccccc21. The van der Waals surface area contributed by atoms with E-state index < -0.39 is 9.84 Å². The van der Waals surface area contributed by atoms with Crippen molar-refractivity contribution in [2.45, 2.75) is 9.79 Å². The van der Waals surface area contributed by atoms with Gasteiger partial charge in [-0.2, -0.15) is 0 Å². The van der Waals surface area contributed by atoms with Gasteiger partial charge in [-0.1, -0.05) is 24.3 Å². The van der Waals surface area contributed by atoms with Crippen LogP contribution in [-0.2, 0) is 9.84 Å². The number of hydrogen-bond acceptors (Lipinski definition) is 4. The molecule has 4 rings (SSSR count). The summed E-state index contributed by atoms with van der Waals surface area (Å²) < 4.78 is 25.6. The van der Waals surface area contributed by atoms with Crippen LogP contribution in [0.3, 0.4) is 0 Å². The minimum atomic E-state index is -3.46. The zero-order valence-corrected chi connectivity index (χ0v) is 12.6. The lowest BCUT2D eigenvalue weighted by Crippen LogP contribution is -2.21. The average molecular weight is 313 g/mol. The summed E-state index contributed by atoms with van der Waals surface area (Å²) in [5.41, 5.74) is 1.41. The van der Waals surface area contributed by atoms with Crippen LogP contribution in [0.5, 0.6) is 0 Å². The smallest absolute Gasteiger partial charge is 0.210 e. The summed E-state index contributed by atoms with van der Waals surface area (Å²) >= 11 is 1.59. The molecule has 0 radical (unpaired) electrons. The van der Waals surface area contributed by atoms with Gasteiger partial charge in [0.05, 0.1) is 26.2 Å². The van der Waals surface area contributed by atoms with Crippen LogP contribution >= 0.6 is 11.3 Å². The molecule has 21 heavy (non-hydrogen) atoms. The number of rotatable bonds is 1. The third kappa shape index (κ3) is 1.74. The molecule has 2 aromatic carbocycles. The molecule has 0 saturated carbocycles. The van der Waals surface area contributed by atoms with Gasteiger partial charge in [0.15, 0.2) is 0 Å². The Morgan fingerprint density at radius 3 is 1.86 bits per heavy atom. The zero-order chi connectivity index (χ0) is 14.4. The van der Waals surface area contributed by atoms with E-state index in [1.807, 2.05) is 46.7 Å². The van der Waals surface area contributed by atoms with Crippen LogP contribution in [0.25, 0.3) is 0 Å². The van der Waals surface area contributed by atoms with E-state index >= 15 is 0 Å². The monoisotopic (exact) mass is 313 g/mol. The average Bonchev–Trinajstić information content (AvgIpc) is 3.02. The van der Waals surface area contributed by atoms with Gasteiger partial charge in [0.2, 0.25) is 9.84 Å². The normalized spacial score (nSPS) is 15.3. The fourth-order valence-corrected chi connectivity index (χ4v) is 5.00. The molecule has 0 spiro atoms. The molecule has 5 heteroatoms. The van der Waals surface area contributed by atoms with Gasteiger partial charge in [-0.15, -0.1) is 11.3 Å². The van der Waals surface area contributed by atoms with Crippen molar-refractivity contribution in [2.75, 3.05) is 4.90 Å². The van der Waals surface area contributed by atoms with Gasteiger partial charge >= 0.3 is 0 Å². The van der Waals surface area contributed by atoms with Crippen molar-refractivity contribution in [3.63, 3.8) is 0 Å². The molecule has 0 atom stereocenters. The van der Waals surface area contributed by atoms with Crippen LogP contribution in [0.15, 0.2) is 75.8 Å². The first-order valence-corrected chi connectivity index (χ1v) is 8.83. The lowest BCUT2D eigenvalue weighted by Gasteiger charge is -2.31. The van der Waals surface area contributed by atoms with Crippen LogP contribution < -0.4 is 4.90 Å². The molecule has 0 N–H and O–H groups in total. The molecule has 0 fully saturated rings. The van der Waals surface area contributed by atoms with Crippen molar-refractivity contribution in [1.29, 1.82) is 0 Å². The van der Waals surface area contributed by atoms with Crippen LogP contribution in [0.2, 0.25) is 0 Å². The molecule has 2 heterocycles. The number of fused-ring (bicyclic) bond motifs is 2. The Morgan fingerprint density at radius 2 is 1.33 bits per heavy atom. The van der Waals surface area contributed by atoms with Gasteiger partial charge in [0.25, 0.3) is 0 Å². The van der Waals surface area contributed by atoms with Crippen molar-refractivity contribution >= 4 is 37.5 Å². The Morgan fingerprint density at radius 1 is 0.762 bits per heavy atom. The molecule has 1 aromatic heterocycles. The summed E-state index contributed by atoms with van der Waals surface area (Å²) in [6.07, 6.45) is 0. The molecule has 1 aliphatic rings.